The van der Waals surface area contributed by atoms with Crippen molar-refractivity contribution >= 4 is 10.1 Å². The minimum atomic E-state index is -3.81. The Morgan fingerprint density at radius 2 is 0.676 bits per heavy atom. The van der Waals surface area contributed by atoms with E-state index in [0.29, 0.717) is 6.42 Å². The number of unbranched alkanes of at least 4 members (excludes halogenated alkanes) is 24. The number of hydrogen-bond acceptors (Lipinski definition) is 2. The van der Waals surface area contributed by atoms with E-state index in [2.05, 4.69) is 21.0 Å². The Balaban J connectivity index is 3.20. The van der Waals surface area contributed by atoms with Gasteiger partial charge in [0.2, 0.25) is 0 Å². The van der Waals surface area contributed by atoms with E-state index in [1.807, 2.05) is 0 Å². The van der Waals surface area contributed by atoms with Gasteiger partial charge in [0.15, 0.2) is 0 Å². The van der Waals surface area contributed by atoms with Gasteiger partial charge < -0.3 is 4.48 Å². The van der Waals surface area contributed by atoms with E-state index in [0.717, 1.165) is 17.6 Å². The van der Waals surface area contributed by atoms with Crippen LogP contribution in [0, 0.1) is 0 Å². The zero-order chi connectivity index (χ0) is 27.5. The fourth-order valence-electron chi connectivity index (χ4n) is 5.47. The molecule has 0 radical (unpaired) electrons. The SMILES string of the molecule is CCCCCCCCCCCCCCCCCCCCCCCCCCC[N+](C)(C)CCCS(=O)(=O)O. The molecule has 0 aliphatic carbocycles. The van der Waals surface area contributed by atoms with Crippen molar-refractivity contribution in [3.05, 3.63) is 0 Å². The maximum absolute atomic E-state index is 10.8. The molecule has 224 valence electrons. The Labute approximate surface area is 234 Å². The zero-order valence-electron chi connectivity index (χ0n) is 25.6. The highest BCUT2D eigenvalue weighted by Gasteiger charge is 2.16. The van der Waals surface area contributed by atoms with Crippen molar-refractivity contribution < 1.29 is 17.5 Å². The first-order valence-corrected chi connectivity index (χ1v) is 18.1. The van der Waals surface area contributed by atoms with Crippen molar-refractivity contribution in [2.24, 2.45) is 0 Å². The first-order valence-electron chi connectivity index (χ1n) is 16.5. The molecule has 0 bridgehead atoms. The lowest BCUT2D eigenvalue weighted by Crippen LogP contribution is -2.41. The first kappa shape index (κ1) is 36.9. The van der Waals surface area contributed by atoms with Crippen molar-refractivity contribution in [1.29, 1.82) is 0 Å². The third-order valence-corrected chi connectivity index (χ3v) is 8.84. The van der Waals surface area contributed by atoms with Crippen molar-refractivity contribution in [3.63, 3.8) is 0 Å². The van der Waals surface area contributed by atoms with E-state index in [4.69, 9.17) is 4.55 Å². The molecule has 0 rings (SSSR count). The van der Waals surface area contributed by atoms with Gasteiger partial charge in [-0.05, 0) is 12.8 Å². The lowest BCUT2D eigenvalue weighted by Gasteiger charge is -2.29. The molecule has 37 heavy (non-hydrogen) atoms. The summed E-state index contributed by atoms with van der Waals surface area (Å²) in [5, 5.41) is 0. The van der Waals surface area contributed by atoms with Gasteiger partial charge in [-0.25, -0.2) is 0 Å². The largest absolute Gasteiger partial charge is 0.328 e. The minimum Gasteiger partial charge on any atom is -0.328 e. The molecule has 5 heteroatoms. The molecule has 0 saturated carbocycles. The summed E-state index contributed by atoms with van der Waals surface area (Å²) < 4.78 is 31.4. The maximum atomic E-state index is 10.8. The normalized spacial score (nSPS) is 12.4. The predicted molar refractivity (Wildman–Crippen MR) is 164 cm³/mol. The number of hydrogen-bond donors (Lipinski definition) is 1. The second kappa shape index (κ2) is 26.1. The summed E-state index contributed by atoms with van der Waals surface area (Å²) in [5.74, 6) is -0.117. The summed E-state index contributed by atoms with van der Waals surface area (Å²) in [4.78, 5) is 0. The van der Waals surface area contributed by atoms with Crippen LogP contribution in [0.25, 0.3) is 0 Å². The van der Waals surface area contributed by atoms with Crippen LogP contribution in [0.2, 0.25) is 0 Å². The highest BCUT2D eigenvalue weighted by Crippen LogP contribution is 2.16. The summed E-state index contributed by atoms with van der Waals surface area (Å²) in [7, 11) is 0.497. The molecule has 0 unspecified atom stereocenters. The van der Waals surface area contributed by atoms with Crippen molar-refractivity contribution in [2.75, 3.05) is 32.9 Å². The third kappa shape index (κ3) is 32.0. The summed E-state index contributed by atoms with van der Waals surface area (Å²) in [6.07, 6.45) is 36.0. The molecule has 1 N–H and O–H groups in total. The summed E-state index contributed by atoms with van der Waals surface area (Å²) in [5.41, 5.74) is 0. The Hall–Kier alpha value is -0.130. The monoisotopic (exact) mass is 546 g/mol. The summed E-state index contributed by atoms with van der Waals surface area (Å²) in [6.45, 7) is 4.19. The van der Waals surface area contributed by atoms with E-state index in [9.17, 15) is 8.42 Å². The molecule has 0 amide bonds. The first-order chi connectivity index (χ1) is 17.8. The molecular weight excluding hydrogens is 478 g/mol. The van der Waals surface area contributed by atoms with Gasteiger partial charge >= 0.3 is 0 Å². The molecule has 4 nitrogen and oxygen atoms in total. The molecule has 0 aromatic heterocycles. The Morgan fingerprint density at radius 3 is 0.946 bits per heavy atom. The lowest BCUT2D eigenvalue weighted by molar-refractivity contribution is -0.890. The van der Waals surface area contributed by atoms with Gasteiger partial charge in [0, 0.05) is 6.42 Å². The van der Waals surface area contributed by atoms with Crippen LogP contribution in [0.5, 0.6) is 0 Å². The van der Waals surface area contributed by atoms with Crippen LogP contribution in [0.15, 0.2) is 0 Å². The molecule has 0 aromatic rings. The van der Waals surface area contributed by atoms with Gasteiger partial charge in [0.25, 0.3) is 10.1 Å². The average Bonchev–Trinajstić information content (AvgIpc) is 2.83. The van der Waals surface area contributed by atoms with Crippen LogP contribution < -0.4 is 0 Å². The van der Waals surface area contributed by atoms with Crippen molar-refractivity contribution in [2.45, 2.75) is 174 Å². The Bertz CT molecular complexity index is 562. The molecule has 0 spiro atoms. The van der Waals surface area contributed by atoms with E-state index in [1.165, 1.54) is 161 Å². The van der Waals surface area contributed by atoms with Crippen LogP contribution >= 0.6 is 0 Å². The topological polar surface area (TPSA) is 54.4 Å². The Kier molecular flexibility index (Phi) is 26.0. The molecule has 0 aliphatic heterocycles. The molecule has 0 aromatic carbocycles. The van der Waals surface area contributed by atoms with Crippen LogP contribution in [-0.4, -0.2) is 50.4 Å². The summed E-state index contributed by atoms with van der Waals surface area (Å²) in [6, 6.07) is 0. The van der Waals surface area contributed by atoms with E-state index in [1.54, 1.807) is 0 Å². The second-order valence-corrected chi connectivity index (χ2v) is 14.1. The highest BCUT2D eigenvalue weighted by atomic mass is 32.2. The fourth-order valence-corrected chi connectivity index (χ4v) is 5.96. The van der Waals surface area contributed by atoms with Crippen LogP contribution in [-0.2, 0) is 10.1 Å². The molecule has 0 saturated heterocycles. The van der Waals surface area contributed by atoms with E-state index >= 15 is 0 Å². The molecule has 0 fully saturated rings. The minimum absolute atomic E-state index is 0.117. The second-order valence-electron chi connectivity index (χ2n) is 12.5. The van der Waals surface area contributed by atoms with E-state index < -0.39 is 10.1 Å². The highest BCUT2D eigenvalue weighted by molar-refractivity contribution is 7.85. The molecule has 0 aliphatic rings. The van der Waals surface area contributed by atoms with Gasteiger partial charge in [-0.15, -0.1) is 0 Å². The standard InChI is InChI=1S/C32H67NO3S/c1-4-5-6-7-8-9-10-11-12-13-14-15-16-17-18-19-20-21-22-23-24-25-26-27-28-30-33(2,3)31-29-32-37(34,35)36/h4-32H2,1-3H3/p+1. The van der Waals surface area contributed by atoms with E-state index in [-0.39, 0.29) is 5.75 Å². The molecule has 0 heterocycles. The van der Waals surface area contributed by atoms with Crippen LogP contribution in [0.3, 0.4) is 0 Å². The van der Waals surface area contributed by atoms with Crippen molar-refractivity contribution in [1.82, 2.24) is 0 Å². The Morgan fingerprint density at radius 1 is 0.432 bits per heavy atom. The van der Waals surface area contributed by atoms with Gasteiger partial charge in [-0.2, -0.15) is 8.42 Å². The van der Waals surface area contributed by atoms with Gasteiger partial charge in [-0.1, -0.05) is 155 Å². The number of rotatable bonds is 30. The zero-order valence-corrected chi connectivity index (χ0v) is 26.4. The maximum Gasteiger partial charge on any atom is 0.265 e. The summed E-state index contributed by atoms with van der Waals surface area (Å²) >= 11 is 0. The average molecular weight is 547 g/mol. The molecular formula is C32H68NO3S+. The van der Waals surface area contributed by atoms with Gasteiger partial charge in [-0.3, -0.25) is 4.55 Å². The third-order valence-electron chi connectivity index (χ3n) is 8.03. The molecule has 0 atom stereocenters. The smallest absolute Gasteiger partial charge is 0.265 e. The quantitative estimate of drug-likeness (QED) is 0.0554. The number of nitrogens with zero attached hydrogens (tertiary/aromatic N) is 1. The number of quaternary nitrogens is 1. The van der Waals surface area contributed by atoms with Gasteiger partial charge in [0.05, 0.1) is 32.9 Å². The predicted octanol–water partition coefficient (Wildman–Crippen LogP) is 10.1. The van der Waals surface area contributed by atoms with Crippen molar-refractivity contribution in [3.8, 4) is 0 Å². The van der Waals surface area contributed by atoms with Crippen LogP contribution in [0.4, 0.5) is 0 Å². The fraction of sp³-hybridized carbons (Fsp3) is 1.00. The van der Waals surface area contributed by atoms with Gasteiger partial charge in [0.1, 0.15) is 0 Å². The van der Waals surface area contributed by atoms with Crippen LogP contribution in [0.1, 0.15) is 174 Å². The lowest BCUT2D eigenvalue weighted by atomic mass is 10.0.